The molecule has 9 heteroatoms. The zero-order valence-electron chi connectivity index (χ0n) is 15.6. The van der Waals surface area contributed by atoms with Gasteiger partial charge in [0, 0.05) is 0 Å². The number of alkyl halides is 2. The Kier molecular flexibility index (Phi) is 8.08. The third-order valence-corrected chi connectivity index (χ3v) is 3.78. The molecule has 0 heterocycles. The average Bonchev–Trinajstić information content (AvgIpc) is 2.71. The Morgan fingerprint density at radius 2 is 1.66 bits per heavy atom. The molecule has 7 nitrogen and oxygen atoms in total. The van der Waals surface area contributed by atoms with Crippen molar-refractivity contribution in [3.8, 4) is 5.75 Å². The maximum Gasteiger partial charge on any atom is 0.387 e. The predicted octanol–water partition coefficient (Wildman–Crippen LogP) is 2.44. The molecule has 2 rings (SSSR count). The summed E-state index contributed by atoms with van der Waals surface area (Å²) >= 11 is 0. The molecule has 2 aromatic carbocycles. The van der Waals surface area contributed by atoms with Crippen molar-refractivity contribution in [2.75, 3.05) is 13.2 Å². The van der Waals surface area contributed by atoms with Crippen LogP contribution in [0.4, 0.5) is 8.78 Å². The van der Waals surface area contributed by atoms with Crippen LogP contribution in [0.5, 0.6) is 5.75 Å². The second-order valence-electron chi connectivity index (χ2n) is 5.92. The topological polar surface area (TPSA) is 93.7 Å². The molecule has 0 spiro atoms. The number of rotatable bonds is 9. The molecule has 0 aliphatic heterocycles. The highest BCUT2D eigenvalue weighted by molar-refractivity contribution is 5.98. The fraction of sp³-hybridized carbons (Fsp3) is 0.250. The van der Waals surface area contributed by atoms with Crippen molar-refractivity contribution in [2.24, 2.45) is 0 Å². The summed E-state index contributed by atoms with van der Waals surface area (Å²) < 4.78 is 33.8. The number of para-hydroxylation sites is 1. The summed E-state index contributed by atoms with van der Waals surface area (Å²) in [5.74, 6) is -2.46. The van der Waals surface area contributed by atoms with Crippen LogP contribution in [-0.4, -0.2) is 37.5 Å². The molecule has 0 aliphatic carbocycles. The summed E-state index contributed by atoms with van der Waals surface area (Å²) in [6.45, 7) is -2.36. The summed E-state index contributed by atoms with van der Waals surface area (Å²) in [6, 6.07) is 14.3. The Morgan fingerprint density at radius 3 is 2.34 bits per heavy atom. The van der Waals surface area contributed by atoms with E-state index in [1.165, 1.54) is 24.3 Å². The molecular weight excluding hydrogens is 386 g/mol. The van der Waals surface area contributed by atoms with Gasteiger partial charge in [-0.3, -0.25) is 14.4 Å². The highest BCUT2D eigenvalue weighted by atomic mass is 19.3. The molecule has 0 aromatic heterocycles. The standard InChI is InChI=1S/C20H20F2N2O5/c1-13(14-7-3-2-4-8-14)24-17(25)12-28-18(26)11-23-19(27)15-9-5-6-10-16(15)29-20(21)22/h2-10,13,20H,11-12H2,1H3,(H,23,27)(H,24,25)/t13-/m1/s1. The second kappa shape index (κ2) is 10.7. The predicted molar refractivity (Wildman–Crippen MR) is 99.4 cm³/mol. The first kappa shape index (κ1) is 21.8. The van der Waals surface area contributed by atoms with Gasteiger partial charge in [0.05, 0.1) is 11.6 Å². The van der Waals surface area contributed by atoms with E-state index in [-0.39, 0.29) is 17.4 Å². The number of carbonyl (C=O) groups is 3. The van der Waals surface area contributed by atoms with Crippen LogP contribution in [0.25, 0.3) is 0 Å². The number of halogens is 2. The van der Waals surface area contributed by atoms with Gasteiger partial charge in [0.15, 0.2) is 6.61 Å². The molecule has 0 bridgehead atoms. The van der Waals surface area contributed by atoms with Crippen LogP contribution in [-0.2, 0) is 14.3 Å². The molecule has 1 atom stereocenters. The summed E-state index contributed by atoms with van der Waals surface area (Å²) in [5.41, 5.74) is 0.735. The molecule has 0 saturated heterocycles. The monoisotopic (exact) mass is 406 g/mol. The van der Waals surface area contributed by atoms with Crippen molar-refractivity contribution in [3.63, 3.8) is 0 Å². The maximum atomic E-state index is 12.4. The largest absolute Gasteiger partial charge is 0.454 e. The highest BCUT2D eigenvalue weighted by Gasteiger charge is 2.17. The van der Waals surface area contributed by atoms with E-state index in [1.807, 2.05) is 30.3 Å². The number of hydrogen-bond donors (Lipinski definition) is 2. The molecule has 2 amide bonds. The van der Waals surface area contributed by atoms with Gasteiger partial charge in [0.2, 0.25) is 0 Å². The zero-order valence-corrected chi connectivity index (χ0v) is 15.6. The lowest BCUT2D eigenvalue weighted by Gasteiger charge is -2.14. The Balaban J connectivity index is 1.77. The van der Waals surface area contributed by atoms with Crippen molar-refractivity contribution in [1.82, 2.24) is 10.6 Å². The lowest BCUT2D eigenvalue weighted by molar-refractivity contribution is -0.147. The van der Waals surface area contributed by atoms with Crippen molar-refractivity contribution in [2.45, 2.75) is 19.6 Å². The number of benzene rings is 2. The van der Waals surface area contributed by atoms with Gasteiger partial charge in [0.1, 0.15) is 12.3 Å². The first-order valence-electron chi connectivity index (χ1n) is 8.68. The van der Waals surface area contributed by atoms with Gasteiger partial charge < -0.3 is 20.1 Å². The smallest absolute Gasteiger partial charge is 0.387 e. The van der Waals surface area contributed by atoms with Crippen molar-refractivity contribution < 1.29 is 32.6 Å². The lowest BCUT2D eigenvalue weighted by atomic mass is 10.1. The summed E-state index contributed by atoms with van der Waals surface area (Å²) in [6.07, 6.45) is 0. The molecule has 29 heavy (non-hydrogen) atoms. The lowest BCUT2D eigenvalue weighted by Crippen LogP contribution is -2.35. The zero-order chi connectivity index (χ0) is 21.2. The van der Waals surface area contributed by atoms with E-state index in [0.717, 1.165) is 5.56 Å². The Hall–Kier alpha value is -3.49. The molecule has 2 N–H and O–H groups in total. The van der Waals surface area contributed by atoms with Crippen LogP contribution in [0.15, 0.2) is 54.6 Å². The van der Waals surface area contributed by atoms with E-state index < -0.39 is 37.5 Å². The number of ether oxygens (including phenoxy) is 2. The second-order valence-corrected chi connectivity index (χ2v) is 5.92. The summed E-state index contributed by atoms with van der Waals surface area (Å²) in [7, 11) is 0. The van der Waals surface area contributed by atoms with E-state index in [2.05, 4.69) is 15.4 Å². The molecule has 0 unspecified atom stereocenters. The van der Waals surface area contributed by atoms with Crippen LogP contribution >= 0.6 is 0 Å². The minimum atomic E-state index is -3.09. The SMILES string of the molecule is C[C@@H](NC(=O)COC(=O)CNC(=O)c1ccccc1OC(F)F)c1ccccc1. The molecule has 154 valence electrons. The summed E-state index contributed by atoms with van der Waals surface area (Å²) in [4.78, 5) is 35.7. The third-order valence-electron chi connectivity index (χ3n) is 3.78. The Morgan fingerprint density at radius 1 is 1.00 bits per heavy atom. The van der Waals surface area contributed by atoms with Crippen LogP contribution < -0.4 is 15.4 Å². The van der Waals surface area contributed by atoms with Gasteiger partial charge in [-0.15, -0.1) is 0 Å². The number of nitrogens with one attached hydrogen (secondary N) is 2. The molecule has 0 aliphatic rings. The summed E-state index contributed by atoms with van der Waals surface area (Å²) in [5, 5.41) is 4.91. The number of esters is 1. The fourth-order valence-corrected chi connectivity index (χ4v) is 2.41. The third kappa shape index (κ3) is 7.21. The van der Waals surface area contributed by atoms with E-state index >= 15 is 0 Å². The van der Waals surface area contributed by atoms with Gasteiger partial charge in [-0.05, 0) is 24.6 Å². The van der Waals surface area contributed by atoms with Crippen LogP contribution in [0, 0.1) is 0 Å². The first-order valence-corrected chi connectivity index (χ1v) is 8.68. The van der Waals surface area contributed by atoms with E-state index in [1.54, 1.807) is 6.92 Å². The Bertz CT molecular complexity index is 846. The highest BCUT2D eigenvalue weighted by Crippen LogP contribution is 2.20. The number of hydrogen-bond acceptors (Lipinski definition) is 5. The normalized spacial score (nSPS) is 11.4. The first-order chi connectivity index (χ1) is 13.9. The minimum absolute atomic E-state index is 0.157. The maximum absolute atomic E-state index is 12.4. The van der Waals surface area contributed by atoms with Crippen LogP contribution in [0.3, 0.4) is 0 Å². The van der Waals surface area contributed by atoms with Gasteiger partial charge in [0.25, 0.3) is 11.8 Å². The van der Waals surface area contributed by atoms with Crippen LogP contribution in [0.2, 0.25) is 0 Å². The van der Waals surface area contributed by atoms with Gasteiger partial charge in [-0.25, -0.2) is 0 Å². The fourth-order valence-electron chi connectivity index (χ4n) is 2.41. The minimum Gasteiger partial charge on any atom is -0.454 e. The molecule has 0 fully saturated rings. The molecule has 0 radical (unpaired) electrons. The van der Waals surface area contributed by atoms with Crippen molar-refractivity contribution in [3.05, 3.63) is 65.7 Å². The van der Waals surface area contributed by atoms with Gasteiger partial charge >= 0.3 is 12.6 Å². The average molecular weight is 406 g/mol. The van der Waals surface area contributed by atoms with Crippen molar-refractivity contribution >= 4 is 17.8 Å². The molecule has 2 aromatic rings. The Labute approximate surface area is 166 Å². The van der Waals surface area contributed by atoms with Gasteiger partial charge in [-0.2, -0.15) is 8.78 Å². The van der Waals surface area contributed by atoms with E-state index in [0.29, 0.717) is 0 Å². The quantitative estimate of drug-likeness (QED) is 0.624. The van der Waals surface area contributed by atoms with Gasteiger partial charge in [-0.1, -0.05) is 42.5 Å². The van der Waals surface area contributed by atoms with E-state index in [9.17, 15) is 23.2 Å². The number of carbonyl (C=O) groups excluding carboxylic acids is 3. The van der Waals surface area contributed by atoms with E-state index in [4.69, 9.17) is 4.74 Å². The number of amides is 2. The van der Waals surface area contributed by atoms with Crippen molar-refractivity contribution in [1.29, 1.82) is 0 Å². The molecular formula is C20H20F2N2O5. The van der Waals surface area contributed by atoms with Crippen LogP contribution in [0.1, 0.15) is 28.9 Å². The molecule has 0 saturated carbocycles.